The number of nitrogens with one attached hydrogen (secondary N) is 3. The van der Waals surface area contributed by atoms with Gasteiger partial charge in [-0.1, -0.05) is 6.92 Å². The van der Waals surface area contributed by atoms with Gasteiger partial charge < -0.3 is 15.4 Å². The molecular formula is C12H17N3O3. The third kappa shape index (κ3) is 4.84. The Hall–Kier alpha value is -2.08. The highest BCUT2D eigenvalue weighted by Crippen LogP contribution is 2.13. The summed E-state index contributed by atoms with van der Waals surface area (Å²) < 4.78 is 4.47. The summed E-state index contributed by atoms with van der Waals surface area (Å²) in [6.45, 7) is 2.95. The molecule has 1 rings (SSSR count). The van der Waals surface area contributed by atoms with Gasteiger partial charge in [0.25, 0.3) is 0 Å². The summed E-state index contributed by atoms with van der Waals surface area (Å²) in [5.74, 6) is -0.106. The second kappa shape index (κ2) is 7.29. The lowest BCUT2D eigenvalue weighted by atomic mass is 10.3. The lowest BCUT2D eigenvalue weighted by Gasteiger charge is -2.07. The van der Waals surface area contributed by atoms with Crippen molar-refractivity contribution in [2.45, 2.75) is 6.92 Å². The van der Waals surface area contributed by atoms with Gasteiger partial charge in [0, 0.05) is 11.4 Å². The molecule has 0 atom stereocenters. The van der Waals surface area contributed by atoms with Crippen LogP contribution in [0.4, 0.5) is 16.2 Å². The molecule has 2 amide bonds. The van der Waals surface area contributed by atoms with Crippen LogP contribution in [0.1, 0.15) is 6.92 Å². The number of ether oxygens (including phenoxy) is 1. The number of hydrogen-bond donors (Lipinski definition) is 3. The molecule has 6 heteroatoms. The Kier molecular flexibility index (Phi) is 5.66. The van der Waals surface area contributed by atoms with E-state index in [-0.39, 0.29) is 12.5 Å². The van der Waals surface area contributed by atoms with Crippen molar-refractivity contribution < 1.29 is 14.3 Å². The minimum atomic E-state index is -0.529. The van der Waals surface area contributed by atoms with Crippen LogP contribution in [0.3, 0.4) is 0 Å². The van der Waals surface area contributed by atoms with Crippen LogP contribution < -0.4 is 16.0 Å². The molecule has 0 saturated heterocycles. The van der Waals surface area contributed by atoms with E-state index in [1.54, 1.807) is 24.3 Å². The molecule has 1 aromatic rings. The minimum absolute atomic E-state index is 0.106. The smallest absolute Gasteiger partial charge is 0.411 e. The number of likely N-dealkylation sites (N-methyl/N-ethyl adjacent to an activating group) is 1. The lowest BCUT2D eigenvalue weighted by molar-refractivity contribution is -0.115. The average Bonchev–Trinajstić information content (AvgIpc) is 2.38. The molecule has 1 aromatic carbocycles. The second-order valence-corrected chi connectivity index (χ2v) is 3.52. The number of hydrogen-bond acceptors (Lipinski definition) is 4. The normalized spacial score (nSPS) is 9.67. The first kappa shape index (κ1) is 14.0. The molecule has 0 aliphatic carbocycles. The predicted octanol–water partition coefficient (Wildman–Crippen LogP) is 1.41. The zero-order valence-corrected chi connectivity index (χ0v) is 10.4. The molecule has 0 aliphatic rings. The maximum absolute atomic E-state index is 11.4. The molecule has 98 valence electrons. The third-order valence-electron chi connectivity index (χ3n) is 2.14. The van der Waals surface area contributed by atoms with Crippen molar-refractivity contribution in [3.05, 3.63) is 24.3 Å². The van der Waals surface area contributed by atoms with Crippen molar-refractivity contribution in [1.29, 1.82) is 0 Å². The summed E-state index contributed by atoms with van der Waals surface area (Å²) >= 11 is 0. The largest absolute Gasteiger partial charge is 0.453 e. The van der Waals surface area contributed by atoms with Crippen LogP contribution in [0.2, 0.25) is 0 Å². The van der Waals surface area contributed by atoms with Crippen LogP contribution in [-0.4, -0.2) is 32.2 Å². The summed E-state index contributed by atoms with van der Waals surface area (Å²) in [6, 6.07) is 6.77. The SMILES string of the molecule is CCNCC(=O)Nc1ccc(NC(=O)OC)cc1. The van der Waals surface area contributed by atoms with Crippen molar-refractivity contribution in [2.75, 3.05) is 30.8 Å². The first-order chi connectivity index (χ1) is 8.65. The van der Waals surface area contributed by atoms with E-state index in [0.717, 1.165) is 6.54 Å². The van der Waals surface area contributed by atoms with E-state index < -0.39 is 6.09 Å². The van der Waals surface area contributed by atoms with Gasteiger partial charge in [-0.15, -0.1) is 0 Å². The summed E-state index contributed by atoms with van der Waals surface area (Å²) in [7, 11) is 1.30. The highest BCUT2D eigenvalue weighted by Gasteiger charge is 2.02. The topological polar surface area (TPSA) is 79.5 Å². The van der Waals surface area contributed by atoms with Gasteiger partial charge in [0.1, 0.15) is 0 Å². The third-order valence-corrected chi connectivity index (χ3v) is 2.14. The maximum atomic E-state index is 11.4. The fourth-order valence-electron chi connectivity index (χ4n) is 1.25. The van der Waals surface area contributed by atoms with Gasteiger partial charge in [-0.2, -0.15) is 0 Å². The number of carbonyl (C=O) groups excluding carboxylic acids is 2. The molecule has 0 aliphatic heterocycles. The van der Waals surface area contributed by atoms with Gasteiger partial charge in [-0.05, 0) is 30.8 Å². The molecule has 0 unspecified atom stereocenters. The van der Waals surface area contributed by atoms with E-state index in [2.05, 4.69) is 20.7 Å². The van der Waals surface area contributed by atoms with E-state index in [0.29, 0.717) is 11.4 Å². The molecule has 0 aromatic heterocycles. The van der Waals surface area contributed by atoms with Gasteiger partial charge in [0.2, 0.25) is 5.91 Å². The molecule has 0 bridgehead atoms. The van der Waals surface area contributed by atoms with E-state index >= 15 is 0 Å². The van der Waals surface area contributed by atoms with Gasteiger partial charge in [-0.25, -0.2) is 4.79 Å². The standard InChI is InChI=1S/C12H17N3O3/c1-3-13-8-11(16)14-9-4-6-10(7-5-9)15-12(17)18-2/h4-7,13H,3,8H2,1-2H3,(H,14,16)(H,15,17). The molecular weight excluding hydrogens is 234 g/mol. The number of amides is 2. The predicted molar refractivity (Wildman–Crippen MR) is 69.6 cm³/mol. The van der Waals surface area contributed by atoms with Crippen LogP contribution in [0.5, 0.6) is 0 Å². The van der Waals surface area contributed by atoms with Gasteiger partial charge in [0.15, 0.2) is 0 Å². The molecule has 0 fully saturated rings. The molecule has 18 heavy (non-hydrogen) atoms. The maximum Gasteiger partial charge on any atom is 0.411 e. The average molecular weight is 251 g/mol. The van der Waals surface area contributed by atoms with Gasteiger partial charge in [-0.3, -0.25) is 10.1 Å². The first-order valence-electron chi connectivity index (χ1n) is 5.61. The first-order valence-corrected chi connectivity index (χ1v) is 5.61. The van der Waals surface area contributed by atoms with E-state index in [1.807, 2.05) is 6.92 Å². The highest BCUT2D eigenvalue weighted by molar-refractivity contribution is 5.92. The zero-order chi connectivity index (χ0) is 13.4. The summed E-state index contributed by atoms with van der Waals surface area (Å²) in [5, 5.41) is 8.17. The number of rotatable bonds is 5. The fourth-order valence-corrected chi connectivity index (χ4v) is 1.25. The van der Waals surface area contributed by atoms with Crippen LogP contribution in [-0.2, 0) is 9.53 Å². The minimum Gasteiger partial charge on any atom is -0.453 e. The Bertz CT molecular complexity index is 404. The Morgan fingerprint density at radius 1 is 1.11 bits per heavy atom. The zero-order valence-electron chi connectivity index (χ0n) is 10.4. The van der Waals surface area contributed by atoms with Gasteiger partial charge >= 0.3 is 6.09 Å². The molecule has 0 saturated carbocycles. The monoisotopic (exact) mass is 251 g/mol. The lowest BCUT2D eigenvalue weighted by Crippen LogP contribution is -2.27. The van der Waals surface area contributed by atoms with E-state index in [9.17, 15) is 9.59 Å². The summed E-state index contributed by atoms with van der Waals surface area (Å²) in [5.41, 5.74) is 1.28. The van der Waals surface area contributed by atoms with Crippen LogP contribution in [0.15, 0.2) is 24.3 Å². The Morgan fingerprint density at radius 2 is 1.67 bits per heavy atom. The number of anilines is 2. The molecule has 0 spiro atoms. The van der Waals surface area contributed by atoms with Crippen molar-refractivity contribution in [1.82, 2.24) is 5.32 Å². The molecule has 0 radical (unpaired) electrons. The number of carbonyl (C=O) groups is 2. The van der Waals surface area contributed by atoms with Crippen LogP contribution in [0, 0.1) is 0 Å². The fraction of sp³-hybridized carbons (Fsp3) is 0.333. The molecule has 3 N–H and O–H groups in total. The highest BCUT2D eigenvalue weighted by atomic mass is 16.5. The summed E-state index contributed by atoms with van der Waals surface area (Å²) in [6.07, 6.45) is -0.529. The van der Waals surface area contributed by atoms with Crippen molar-refractivity contribution in [3.8, 4) is 0 Å². The number of benzene rings is 1. The second-order valence-electron chi connectivity index (χ2n) is 3.52. The van der Waals surface area contributed by atoms with Crippen molar-refractivity contribution in [2.24, 2.45) is 0 Å². The van der Waals surface area contributed by atoms with Crippen LogP contribution in [0.25, 0.3) is 0 Å². The van der Waals surface area contributed by atoms with Crippen LogP contribution >= 0.6 is 0 Å². The van der Waals surface area contributed by atoms with Gasteiger partial charge in [0.05, 0.1) is 13.7 Å². The molecule has 0 heterocycles. The van der Waals surface area contributed by atoms with E-state index in [4.69, 9.17) is 0 Å². The Morgan fingerprint density at radius 3 is 2.17 bits per heavy atom. The Labute approximate surface area is 106 Å². The Balaban J connectivity index is 2.49. The van der Waals surface area contributed by atoms with Crippen molar-refractivity contribution >= 4 is 23.4 Å². The quantitative estimate of drug-likeness (QED) is 0.739. The molecule has 6 nitrogen and oxygen atoms in total. The van der Waals surface area contributed by atoms with Crippen molar-refractivity contribution in [3.63, 3.8) is 0 Å². The van der Waals surface area contributed by atoms with E-state index in [1.165, 1.54) is 7.11 Å². The summed E-state index contributed by atoms with van der Waals surface area (Å²) in [4.78, 5) is 22.4. The number of methoxy groups -OCH3 is 1.